The molecule has 0 unspecified atom stereocenters. The zero-order valence-electron chi connectivity index (χ0n) is 17.3. The van der Waals surface area contributed by atoms with Crippen LogP contribution in [-0.2, 0) is 16.1 Å². The second-order valence-electron chi connectivity index (χ2n) is 7.58. The summed E-state index contributed by atoms with van der Waals surface area (Å²) in [6.07, 6.45) is -1.04. The first kappa shape index (κ1) is 21.7. The summed E-state index contributed by atoms with van der Waals surface area (Å²) in [4.78, 5) is 26.3. The lowest BCUT2D eigenvalue weighted by molar-refractivity contribution is -0.155. The minimum absolute atomic E-state index is 0.0435. The molecule has 0 saturated carbocycles. The van der Waals surface area contributed by atoms with E-state index in [0.717, 1.165) is 0 Å². The zero-order valence-corrected chi connectivity index (χ0v) is 17.3. The van der Waals surface area contributed by atoms with Crippen molar-refractivity contribution < 1.29 is 23.8 Å². The van der Waals surface area contributed by atoms with E-state index in [-0.39, 0.29) is 31.6 Å². The smallest absolute Gasteiger partial charge is 0.255 e. The lowest BCUT2D eigenvalue weighted by Crippen LogP contribution is -2.51. The number of morpholine rings is 1. The van der Waals surface area contributed by atoms with Crippen molar-refractivity contribution in [2.45, 2.75) is 18.7 Å². The van der Waals surface area contributed by atoms with Crippen molar-refractivity contribution in [3.05, 3.63) is 101 Å². The van der Waals surface area contributed by atoms with Crippen LogP contribution in [-0.4, -0.2) is 41.1 Å². The summed E-state index contributed by atoms with van der Waals surface area (Å²) in [5.41, 5.74) is 2.05. The van der Waals surface area contributed by atoms with Crippen molar-refractivity contribution in [2.24, 2.45) is 0 Å². The third kappa shape index (κ3) is 4.85. The molecule has 2 atom stereocenters. The summed E-state index contributed by atoms with van der Waals surface area (Å²) in [7, 11) is 0. The lowest BCUT2D eigenvalue weighted by atomic mass is 9.99. The Labute approximate surface area is 185 Å². The fourth-order valence-corrected chi connectivity index (χ4v) is 3.68. The molecule has 1 aliphatic heterocycles. The van der Waals surface area contributed by atoms with Crippen molar-refractivity contribution in [1.29, 1.82) is 0 Å². The van der Waals surface area contributed by atoms with Gasteiger partial charge < -0.3 is 20.1 Å². The van der Waals surface area contributed by atoms with Crippen LogP contribution >= 0.6 is 0 Å². The average molecular weight is 434 g/mol. The fraction of sp³-hybridized carbons (Fsp3) is 0.200. The van der Waals surface area contributed by atoms with Crippen LogP contribution in [0.2, 0.25) is 0 Å². The van der Waals surface area contributed by atoms with E-state index in [9.17, 15) is 19.1 Å². The zero-order chi connectivity index (χ0) is 22.5. The third-order valence-electron chi connectivity index (χ3n) is 5.44. The number of carbonyl (C=O) groups is 2. The number of aliphatic hydroxyl groups excluding tert-OH is 1. The summed E-state index contributed by atoms with van der Waals surface area (Å²) < 4.78 is 19.5. The van der Waals surface area contributed by atoms with Gasteiger partial charge in [-0.1, -0.05) is 48.5 Å². The summed E-state index contributed by atoms with van der Waals surface area (Å²) >= 11 is 0. The minimum Gasteiger partial charge on any atom is -0.386 e. The van der Waals surface area contributed by atoms with Crippen molar-refractivity contribution in [1.82, 2.24) is 4.90 Å². The van der Waals surface area contributed by atoms with Gasteiger partial charge in [-0.3, -0.25) is 9.59 Å². The van der Waals surface area contributed by atoms with Gasteiger partial charge in [0.05, 0.1) is 12.6 Å². The molecule has 7 heteroatoms. The first-order valence-electron chi connectivity index (χ1n) is 10.3. The highest BCUT2D eigenvalue weighted by Gasteiger charge is 2.35. The highest BCUT2D eigenvalue weighted by molar-refractivity contribution is 6.04. The molecule has 32 heavy (non-hydrogen) atoms. The number of nitrogens with one attached hydrogen (secondary N) is 1. The lowest BCUT2D eigenvalue weighted by Gasteiger charge is -2.38. The number of rotatable bonds is 6. The van der Waals surface area contributed by atoms with Crippen LogP contribution in [0.25, 0.3) is 0 Å². The second-order valence-corrected chi connectivity index (χ2v) is 7.58. The van der Waals surface area contributed by atoms with Crippen molar-refractivity contribution >= 4 is 17.5 Å². The molecule has 1 heterocycles. The molecular weight excluding hydrogens is 411 g/mol. The van der Waals surface area contributed by atoms with Gasteiger partial charge in [-0.15, -0.1) is 0 Å². The van der Waals surface area contributed by atoms with E-state index in [4.69, 9.17) is 4.74 Å². The van der Waals surface area contributed by atoms with Crippen LogP contribution in [0, 0.1) is 5.82 Å². The number of amides is 2. The number of hydrogen-bond acceptors (Lipinski definition) is 4. The predicted molar refractivity (Wildman–Crippen MR) is 117 cm³/mol. The molecule has 0 aromatic heterocycles. The van der Waals surface area contributed by atoms with Crippen LogP contribution in [0.5, 0.6) is 0 Å². The van der Waals surface area contributed by atoms with Crippen LogP contribution in [0.1, 0.15) is 27.6 Å². The maximum Gasteiger partial charge on any atom is 0.255 e. The van der Waals surface area contributed by atoms with Crippen molar-refractivity contribution in [3.63, 3.8) is 0 Å². The molecule has 1 fully saturated rings. The number of nitrogens with zero attached hydrogens (tertiary/aromatic N) is 1. The molecular formula is C25H23FN2O4. The van der Waals surface area contributed by atoms with Gasteiger partial charge in [0.25, 0.3) is 5.91 Å². The van der Waals surface area contributed by atoms with Gasteiger partial charge in [0, 0.05) is 23.4 Å². The standard InChI is InChI=1S/C25H23FN2O4/c26-21-9-5-4-8-19(21)14-28-22(15-32-16-23(28)29)24(30)17-10-12-20(13-11-17)27-25(31)18-6-2-1-3-7-18/h1-13,22,24,30H,14-16H2,(H,27,31)/t22-,24-/m1/s1. The Morgan fingerprint density at radius 2 is 1.75 bits per heavy atom. The third-order valence-corrected chi connectivity index (χ3v) is 5.44. The number of benzene rings is 3. The van der Waals surface area contributed by atoms with E-state index in [1.165, 1.54) is 11.0 Å². The van der Waals surface area contributed by atoms with E-state index >= 15 is 0 Å². The van der Waals surface area contributed by atoms with Gasteiger partial charge >= 0.3 is 0 Å². The van der Waals surface area contributed by atoms with Gasteiger partial charge in [-0.25, -0.2) is 4.39 Å². The van der Waals surface area contributed by atoms with Gasteiger partial charge in [0.1, 0.15) is 18.5 Å². The minimum atomic E-state index is -1.04. The van der Waals surface area contributed by atoms with Crippen molar-refractivity contribution in [2.75, 3.05) is 18.5 Å². The quantitative estimate of drug-likeness (QED) is 0.622. The number of anilines is 1. The molecule has 2 N–H and O–H groups in total. The Bertz CT molecular complexity index is 1090. The first-order valence-corrected chi connectivity index (χ1v) is 10.3. The molecule has 0 aliphatic carbocycles. The summed E-state index contributed by atoms with van der Waals surface area (Å²) in [5, 5.41) is 13.8. The van der Waals surface area contributed by atoms with E-state index in [0.29, 0.717) is 22.4 Å². The maximum atomic E-state index is 14.1. The van der Waals surface area contributed by atoms with Crippen LogP contribution in [0.15, 0.2) is 78.9 Å². The topological polar surface area (TPSA) is 78.9 Å². The average Bonchev–Trinajstić information content (AvgIpc) is 2.82. The number of aliphatic hydroxyl groups is 1. The molecule has 0 spiro atoms. The summed E-state index contributed by atoms with van der Waals surface area (Å²) in [6, 6.07) is 21.2. The molecule has 3 aromatic rings. The SMILES string of the molecule is O=C(Nc1ccc([C@@H](O)[C@H]2COCC(=O)N2Cc2ccccc2F)cc1)c1ccccc1. The Morgan fingerprint density at radius 1 is 1.06 bits per heavy atom. The molecule has 3 aromatic carbocycles. The van der Waals surface area contributed by atoms with Crippen LogP contribution in [0.3, 0.4) is 0 Å². The van der Waals surface area contributed by atoms with Crippen LogP contribution in [0.4, 0.5) is 10.1 Å². The van der Waals surface area contributed by atoms with E-state index in [1.807, 2.05) is 6.07 Å². The molecule has 4 rings (SSSR count). The largest absolute Gasteiger partial charge is 0.386 e. The summed E-state index contributed by atoms with van der Waals surface area (Å²) in [5.74, 6) is -0.949. The molecule has 6 nitrogen and oxygen atoms in total. The number of carbonyl (C=O) groups excluding carboxylic acids is 2. The van der Waals surface area contributed by atoms with Gasteiger partial charge in [-0.2, -0.15) is 0 Å². The van der Waals surface area contributed by atoms with Crippen molar-refractivity contribution in [3.8, 4) is 0 Å². The van der Waals surface area contributed by atoms with Gasteiger partial charge in [0.15, 0.2) is 0 Å². The maximum absolute atomic E-state index is 14.1. The fourth-order valence-electron chi connectivity index (χ4n) is 3.68. The molecule has 1 aliphatic rings. The van der Waals surface area contributed by atoms with Gasteiger partial charge in [0.2, 0.25) is 5.91 Å². The van der Waals surface area contributed by atoms with E-state index < -0.39 is 18.0 Å². The molecule has 0 radical (unpaired) electrons. The monoisotopic (exact) mass is 434 g/mol. The van der Waals surface area contributed by atoms with E-state index in [1.54, 1.807) is 66.7 Å². The highest BCUT2D eigenvalue weighted by Crippen LogP contribution is 2.27. The Balaban J connectivity index is 1.48. The van der Waals surface area contributed by atoms with Crippen LogP contribution < -0.4 is 5.32 Å². The van der Waals surface area contributed by atoms with E-state index in [2.05, 4.69) is 5.32 Å². The Hall–Kier alpha value is -3.55. The molecule has 164 valence electrons. The number of hydrogen-bond donors (Lipinski definition) is 2. The molecule has 2 amide bonds. The predicted octanol–water partition coefficient (Wildman–Crippen LogP) is 3.54. The highest BCUT2D eigenvalue weighted by atomic mass is 19.1. The normalized spacial score (nSPS) is 17.1. The molecule has 0 bridgehead atoms. The first-order chi connectivity index (χ1) is 15.5. The van der Waals surface area contributed by atoms with Gasteiger partial charge in [-0.05, 0) is 35.9 Å². The summed E-state index contributed by atoms with van der Waals surface area (Å²) in [6.45, 7) is 0.0673. The number of halogens is 1. The Kier molecular flexibility index (Phi) is 6.58. The second kappa shape index (κ2) is 9.72. The molecule has 1 saturated heterocycles. The Morgan fingerprint density at radius 3 is 2.47 bits per heavy atom. The number of ether oxygens (including phenoxy) is 1.